The molecule has 0 aromatic heterocycles. The van der Waals surface area contributed by atoms with Gasteiger partial charge in [0.2, 0.25) is 0 Å². The minimum absolute atomic E-state index is 0.879. The summed E-state index contributed by atoms with van der Waals surface area (Å²) in [6.07, 6.45) is 2.78. The fraction of sp³-hybridized carbons (Fsp3) is 0.625. The van der Waals surface area contributed by atoms with Crippen molar-refractivity contribution in [2.24, 2.45) is 5.92 Å². The summed E-state index contributed by atoms with van der Waals surface area (Å²) < 4.78 is 0. The number of fused-ring (bicyclic) bond motifs is 1. The van der Waals surface area contributed by atoms with Gasteiger partial charge in [-0.2, -0.15) is 0 Å². The van der Waals surface area contributed by atoms with Crippen LogP contribution in [0.4, 0.5) is 11.4 Å². The van der Waals surface area contributed by atoms with Crippen molar-refractivity contribution in [3.63, 3.8) is 0 Å². The van der Waals surface area contributed by atoms with E-state index in [1.807, 2.05) is 0 Å². The molecule has 3 nitrogen and oxygen atoms in total. The van der Waals surface area contributed by atoms with Crippen molar-refractivity contribution in [2.75, 3.05) is 49.5 Å². The van der Waals surface area contributed by atoms with Gasteiger partial charge in [-0.25, -0.2) is 0 Å². The van der Waals surface area contributed by atoms with E-state index in [9.17, 15) is 0 Å². The lowest BCUT2D eigenvalue weighted by Gasteiger charge is -2.36. The Morgan fingerprint density at radius 1 is 1.21 bits per heavy atom. The number of anilines is 2. The molecule has 0 saturated carbocycles. The van der Waals surface area contributed by atoms with Gasteiger partial charge in [-0.1, -0.05) is 19.1 Å². The summed E-state index contributed by atoms with van der Waals surface area (Å²) >= 11 is 0. The Hall–Kier alpha value is -1.22. The zero-order valence-corrected chi connectivity index (χ0v) is 11.9. The van der Waals surface area contributed by atoms with Crippen molar-refractivity contribution in [2.45, 2.75) is 19.8 Å². The summed E-state index contributed by atoms with van der Waals surface area (Å²) in [5.41, 5.74) is 2.67. The average Bonchev–Trinajstić information content (AvgIpc) is 2.45. The number of nitrogens with one attached hydrogen (secondary N) is 1. The summed E-state index contributed by atoms with van der Waals surface area (Å²) in [7, 11) is 0. The lowest BCUT2D eigenvalue weighted by Crippen LogP contribution is -2.42. The second-order valence-electron chi connectivity index (χ2n) is 5.98. The van der Waals surface area contributed by atoms with Gasteiger partial charge in [-0.05, 0) is 37.4 Å². The van der Waals surface area contributed by atoms with Crippen molar-refractivity contribution < 1.29 is 0 Å². The van der Waals surface area contributed by atoms with E-state index in [0.29, 0.717) is 0 Å². The molecule has 1 N–H and O–H groups in total. The molecule has 1 unspecified atom stereocenters. The van der Waals surface area contributed by atoms with Gasteiger partial charge in [-0.15, -0.1) is 0 Å². The maximum Gasteiger partial charge on any atom is 0.0603 e. The van der Waals surface area contributed by atoms with Gasteiger partial charge in [-0.3, -0.25) is 0 Å². The van der Waals surface area contributed by atoms with Crippen LogP contribution in [0, 0.1) is 5.92 Å². The summed E-state index contributed by atoms with van der Waals surface area (Å²) in [6.45, 7) is 9.51. The molecular weight excluding hydrogens is 234 g/mol. The predicted molar refractivity (Wildman–Crippen MR) is 82.0 cm³/mol. The SMILES string of the molecule is CC1CCCN(CCN2CCNc3ccccc32)C1. The Kier molecular flexibility index (Phi) is 3.92. The number of piperidine rings is 1. The third kappa shape index (κ3) is 3.03. The third-order valence-corrected chi connectivity index (χ3v) is 4.37. The van der Waals surface area contributed by atoms with Crippen LogP contribution in [-0.2, 0) is 0 Å². The van der Waals surface area contributed by atoms with Crippen molar-refractivity contribution in [3.8, 4) is 0 Å². The van der Waals surface area contributed by atoms with Crippen LogP contribution in [0.1, 0.15) is 19.8 Å². The molecule has 2 aliphatic rings. The fourth-order valence-electron chi connectivity index (χ4n) is 3.33. The second kappa shape index (κ2) is 5.83. The molecule has 0 bridgehead atoms. The first-order chi connectivity index (χ1) is 9.33. The molecule has 0 spiro atoms. The lowest BCUT2D eigenvalue weighted by atomic mass is 10.0. The first kappa shape index (κ1) is 12.8. The van der Waals surface area contributed by atoms with E-state index in [1.165, 1.54) is 43.9 Å². The minimum atomic E-state index is 0.879. The van der Waals surface area contributed by atoms with Crippen LogP contribution < -0.4 is 10.2 Å². The van der Waals surface area contributed by atoms with E-state index >= 15 is 0 Å². The summed E-state index contributed by atoms with van der Waals surface area (Å²) in [4.78, 5) is 5.17. The van der Waals surface area contributed by atoms with Gasteiger partial charge < -0.3 is 15.1 Å². The Morgan fingerprint density at radius 2 is 2.11 bits per heavy atom. The molecule has 3 heteroatoms. The van der Waals surface area contributed by atoms with E-state index < -0.39 is 0 Å². The highest BCUT2D eigenvalue weighted by Crippen LogP contribution is 2.28. The van der Waals surface area contributed by atoms with Crippen LogP contribution in [0.25, 0.3) is 0 Å². The molecule has 0 radical (unpaired) electrons. The van der Waals surface area contributed by atoms with E-state index in [-0.39, 0.29) is 0 Å². The van der Waals surface area contributed by atoms with Crippen molar-refractivity contribution in [3.05, 3.63) is 24.3 Å². The van der Waals surface area contributed by atoms with Gasteiger partial charge in [0, 0.05) is 32.7 Å². The van der Waals surface area contributed by atoms with E-state index in [4.69, 9.17) is 0 Å². The monoisotopic (exact) mass is 259 g/mol. The maximum absolute atomic E-state index is 3.48. The van der Waals surface area contributed by atoms with E-state index in [2.05, 4.69) is 46.3 Å². The summed E-state index contributed by atoms with van der Waals surface area (Å²) in [5, 5.41) is 3.48. The Bertz CT molecular complexity index is 418. The number of likely N-dealkylation sites (tertiary alicyclic amines) is 1. The molecule has 1 atom stereocenters. The van der Waals surface area contributed by atoms with Crippen molar-refractivity contribution in [1.29, 1.82) is 0 Å². The quantitative estimate of drug-likeness (QED) is 0.900. The van der Waals surface area contributed by atoms with Crippen LogP contribution in [0.15, 0.2) is 24.3 Å². The molecule has 1 fully saturated rings. The number of rotatable bonds is 3. The standard InChI is InChI=1S/C16H25N3/c1-14-5-4-9-18(13-14)11-12-19-10-8-17-15-6-2-3-7-16(15)19/h2-3,6-7,14,17H,4-5,8-13H2,1H3. The zero-order valence-electron chi connectivity index (χ0n) is 11.9. The highest BCUT2D eigenvalue weighted by Gasteiger charge is 2.19. The van der Waals surface area contributed by atoms with Crippen LogP contribution >= 0.6 is 0 Å². The second-order valence-corrected chi connectivity index (χ2v) is 5.98. The number of hydrogen-bond donors (Lipinski definition) is 1. The molecule has 3 rings (SSSR count). The van der Waals surface area contributed by atoms with Gasteiger partial charge in [0.25, 0.3) is 0 Å². The lowest BCUT2D eigenvalue weighted by molar-refractivity contribution is 0.187. The summed E-state index contributed by atoms with van der Waals surface area (Å²) in [5.74, 6) is 0.879. The number of nitrogens with zero attached hydrogens (tertiary/aromatic N) is 2. The van der Waals surface area contributed by atoms with Crippen LogP contribution in [0.2, 0.25) is 0 Å². The summed E-state index contributed by atoms with van der Waals surface area (Å²) in [6, 6.07) is 8.67. The van der Waals surface area contributed by atoms with Crippen molar-refractivity contribution in [1.82, 2.24) is 4.90 Å². The van der Waals surface area contributed by atoms with Crippen LogP contribution in [-0.4, -0.2) is 44.2 Å². The van der Waals surface area contributed by atoms with Crippen molar-refractivity contribution >= 4 is 11.4 Å². The van der Waals surface area contributed by atoms with Crippen LogP contribution in [0.5, 0.6) is 0 Å². The van der Waals surface area contributed by atoms with Gasteiger partial charge in [0.05, 0.1) is 11.4 Å². The zero-order chi connectivity index (χ0) is 13.1. The Morgan fingerprint density at radius 3 is 3.00 bits per heavy atom. The maximum atomic E-state index is 3.48. The molecule has 0 aliphatic carbocycles. The highest BCUT2D eigenvalue weighted by atomic mass is 15.2. The van der Waals surface area contributed by atoms with Gasteiger partial charge in [0.1, 0.15) is 0 Å². The minimum Gasteiger partial charge on any atom is -0.382 e. The molecule has 19 heavy (non-hydrogen) atoms. The molecule has 1 aromatic carbocycles. The van der Waals surface area contributed by atoms with E-state index in [0.717, 1.165) is 25.6 Å². The molecule has 0 amide bonds. The normalized spacial score (nSPS) is 23.8. The van der Waals surface area contributed by atoms with E-state index in [1.54, 1.807) is 0 Å². The predicted octanol–water partition coefficient (Wildman–Crippen LogP) is 2.65. The smallest absolute Gasteiger partial charge is 0.0603 e. The first-order valence-electron chi connectivity index (χ1n) is 7.63. The topological polar surface area (TPSA) is 18.5 Å². The molecular formula is C16H25N3. The fourth-order valence-corrected chi connectivity index (χ4v) is 3.33. The highest BCUT2D eigenvalue weighted by molar-refractivity contribution is 5.71. The molecule has 1 saturated heterocycles. The Balaban J connectivity index is 1.59. The molecule has 2 heterocycles. The van der Waals surface area contributed by atoms with Gasteiger partial charge >= 0.3 is 0 Å². The third-order valence-electron chi connectivity index (χ3n) is 4.37. The molecule has 2 aliphatic heterocycles. The number of benzene rings is 1. The van der Waals surface area contributed by atoms with Gasteiger partial charge in [0.15, 0.2) is 0 Å². The van der Waals surface area contributed by atoms with Crippen LogP contribution in [0.3, 0.4) is 0 Å². The average molecular weight is 259 g/mol. The number of para-hydroxylation sites is 2. The largest absolute Gasteiger partial charge is 0.382 e. The molecule has 104 valence electrons. The first-order valence-corrected chi connectivity index (χ1v) is 7.63. The Labute approximate surface area is 116 Å². The number of hydrogen-bond acceptors (Lipinski definition) is 3. The molecule has 1 aromatic rings.